The molecular formula is C24H16BrNO4S2. The number of amides is 1. The zero-order valence-corrected chi connectivity index (χ0v) is 20.0. The first kappa shape index (κ1) is 22.3. The van der Waals surface area contributed by atoms with Crippen molar-refractivity contribution in [2.75, 3.05) is 12.0 Å². The lowest BCUT2D eigenvalue weighted by molar-refractivity contribution is -0.113. The molecular weight excluding hydrogens is 510 g/mol. The Kier molecular flexibility index (Phi) is 6.74. The zero-order valence-electron chi connectivity index (χ0n) is 16.8. The predicted octanol–water partition coefficient (Wildman–Crippen LogP) is 6.08. The van der Waals surface area contributed by atoms with Gasteiger partial charge in [-0.05, 0) is 54.1 Å². The summed E-state index contributed by atoms with van der Waals surface area (Å²) in [5.74, 6) is -0.0245. The molecule has 5 nitrogen and oxygen atoms in total. The number of anilines is 1. The minimum atomic E-state index is -0.499. The molecule has 0 spiro atoms. The molecule has 0 radical (unpaired) electrons. The number of carbonyl (C=O) groups is 2. The number of esters is 1. The molecule has 1 amide bonds. The summed E-state index contributed by atoms with van der Waals surface area (Å²) in [6.45, 7) is 0. The molecule has 1 fully saturated rings. The molecule has 0 atom stereocenters. The maximum Gasteiger partial charge on any atom is 0.343 e. The number of ether oxygens (including phenoxy) is 2. The van der Waals surface area contributed by atoms with E-state index in [4.69, 9.17) is 21.7 Å². The Morgan fingerprint density at radius 2 is 1.81 bits per heavy atom. The molecule has 1 heterocycles. The van der Waals surface area contributed by atoms with Gasteiger partial charge in [0.25, 0.3) is 5.91 Å². The fourth-order valence-corrected chi connectivity index (χ4v) is 4.75. The smallest absolute Gasteiger partial charge is 0.343 e. The minimum Gasteiger partial charge on any atom is -0.493 e. The molecule has 0 unspecified atom stereocenters. The van der Waals surface area contributed by atoms with Crippen LogP contribution in [0.15, 0.2) is 82.2 Å². The highest BCUT2D eigenvalue weighted by molar-refractivity contribution is 9.10. The fraction of sp³-hybridized carbons (Fsp3) is 0.0417. The van der Waals surface area contributed by atoms with E-state index in [9.17, 15) is 9.59 Å². The Morgan fingerprint density at radius 1 is 1.03 bits per heavy atom. The van der Waals surface area contributed by atoms with E-state index in [-0.39, 0.29) is 11.7 Å². The first-order valence-corrected chi connectivity index (χ1v) is 11.5. The number of benzene rings is 3. The van der Waals surface area contributed by atoms with E-state index < -0.39 is 5.97 Å². The summed E-state index contributed by atoms with van der Waals surface area (Å²) in [7, 11) is 1.49. The highest BCUT2D eigenvalue weighted by Crippen LogP contribution is 2.37. The monoisotopic (exact) mass is 525 g/mol. The van der Waals surface area contributed by atoms with E-state index in [0.29, 0.717) is 20.5 Å². The second-order valence-corrected chi connectivity index (χ2v) is 9.25. The average Bonchev–Trinajstić information content (AvgIpc) is 3.07. The van der Waals surface area contributed by atoms with Gasteiger partial charge in [-0.25, -0.2) is 4.79 Å². The van der Waals surface area contributed by atoms with Crippen molar-refractivity contribution in [3.63, 3.8) is 0 Å². The van der Waals surface area contributed by atoms with Crippen LogP contribution >= 0.6 is 39.9 Å². The summed E-state index contributed by atoms with van der Waals surface area (Å²) in [5.41, 5.74) is 1.86. The van der Waals surface area contributed by atoms with Gasteiger partial charge in [0.1, 0.15) is 0 Å². The van der Waals surface area contributed by atoms with Gasteiger partial charge >= 0.3 is 5.97 Å². The molecule has 0 aromatic heterocycles. The van der Waals surface area contributed by atoms with Gasteiger partial charge < -0.3 is 9.47 Å². The van der Waals surface area contributed by atoms with Gasteiger partial charge in [-0.1, -0.05) is 70.2 Å². The zero-order chi connectivity index (χ0) is 22.7. The molecule has 0 aliphatic carbocycles. The molecule has 0 saturated carbocycles. The molecule has 0 bridgehead atoms. The van der Waals surface area contributed by atoms with Crippen molar-refractivity contribution < 1.29 is 19.1 Å². The maximum atomic E-state index is 12.9. The fourth-order valence-electron chi connectivity index (χ4n) is 3.05. The van der Waals surface area contributed by atoms with Crippen LogP contribution in [-0.2, 0) is 4.79 Å². The average molecular weight is 526 g/mol. The number of halogens is 1. The second-order valence-electron chi connectivity index (χ2n) is 6.66. The van der Waals surface area contributed by atoms with Gasteiger partial charge in [-0.3, -0.25) is 9.69 Å². The number of methoxy groups -OCH3 is 1. The number of rotatable bonds is 5. The molecule has 8 heteroatoms. The van der Waals surface area contributed by atoms with Crippen LogP contribution < -0.4 is 14.4 Å². The molecule has 1 aliphatic rings. The predicted molar refractivity (Wildman–Crippen MR) is 134 cm³/mol. The van der Waals surface area contributed by atoms with E-state index in [1.807, 2.05) is 36.4 Å². The molecule has 4 rings (SSSR count). The quantitative estimate of drug-likeness (QED) is 0.174. The summed E-state index contributed by atoms with van der Waals surface area (Å²) >= 11 is 9.99. The molecule has 1 aliphatic heterocycles. The Hall–Kier alpha value is -2.94. The van der Waals surface area contributed by atoms with Gasteiger partial charge in [0, 0.05) is 4.47 Å². The summed E-state index contributed by atoms with van der Waals surface area (Å²) < 4.78 is 12.2. The minimum absolute atomic E-state index is 0.185. The lowest BCUT2D eigenvalue weighted by Gasteiger charge is -2.13. The number of thiocarbonyl (C=S) groups is 1. The van der Waals surface area contributed by atoms with E-state index in [2.05, 4.69) is 15.9 Å². The summed E-state index contributed by atoms with van der Waals surface area (Å²) in [5, 5.41) is 0. The molecule has 3 aromatic rings. The van der Waals surface area contributed by atoms with Gasteiger partial charge in [-0.2, -0.15) is 0 Å². The number of para-hydroxylation sites is 1. The molecule has 1 saturated heterocycles. The van der Waals surface area contributed by atoms with E-state index in [0.717, 1.165) is 15.7 Å². The standard InChI is InChI=1S/C24H16BrNO4S2/c1-29-20-12-15(10-11-19(20)30-23(28)16-6-5-7-17(25)14-16)13-21-22(27)26(24(31)32-21)18-8-3-2-4-9-18/h2-14H,1H3/b21-13-. The van der Waals surface area contributed by atoms with Gasteiger partial charge in [-0.15, -0.1) is 0 Å². The number of nitrogens with zero attached hydrogens (tertiary/aromatic N) is 1. The van der Waals surface area contributed by atoms with Crippen LogP contribution in [0.2, 0.25) is 0 Å². The van der Waals surface area contributed by atoms with Crippen molar-refractivity contribution in [3.05, 3.63) is 93.3 Å². The second kappa shape index (κ2) is 9.68. The first-order chi connectivity index (χ1) is 15.5. The highest BCUT2D eigenvalue weighted by Gasteiger charge is 2.33. The van der Waals surface area contributed by atoms with Crippen LogP contribution in [0.4, 0.5) is 5.69 Å². The molecule has 0 N–H and O–H groups in total. The third kappa shape index (κ3) is 4.77. The third-order valence-corrected chi connectivity index (χ3v) is 6.35. The van der Waals surface area contributed by atoms with Crippen molar-refractivity contribution in [2.24, 2.45) is 0 Å². The topological polar surface area (TPSA) is 55.8 Å². The molecule has 32 heavy (non-hydrogen) atoms. The summed E-state index contributed by atoms with van der Waals surface area (Å²) in [6, 6.07) is 21.3. The summed E-state index contributed by atoms with van der Waals surface area (Å²) in [4.78, 5) is 27.4. The summed E-state index contributed by atoms with van der Waals surface area (Å²) in [6.07, 6.45) is 1.74. The van der Waals surface area contributed by atoms with E-state index >= 15 is 0 Å². The number of carbonyl (C=O) groups excluding carboxylic acids is 2. The van der Waals surface area contributed by atoms with Crippen LogP contribution in [0.5, 0.6) is 11.5 Å². The number of hydrogen-bond acceptors (Lipinski definition) is 6. The van der Waals surface area contributed by atoms with Crippen LogP contribution in [0, 0.1) is 0 Å². The van der Waals surface area contributed by atoms with Crippen LogP contribution in [0.3, 0.4) is 0 Å². The molecule has 160 valence electrons. The van der Waals surface area contributed by atoms with Crippen molar-refractivity contribution in [1.82, 2.24) is 0 Å². The lowest BCUT2D eigenvalue weighted by Crippen LogP contribution is -2.27. The van der Waals surface area contributed by atoms with Crippen molar-refractivity contribution in [1.29, 1.82) is 0 Å². The molecule has 3 aromatic carbocycles. The lowest BCUT2D eigenvalue weighted by atomic mass is 10.1. The SMILES string of the molecule is COc1cc(/C=C2\SC(=S)N(c3ccccc3)C2=O)ccc1OC(=O)c1cccc(Br)c1. The normalized spacial score (nSPS) is 14.7. The van der Waals surface area contributed by atoms with Crippen molar-refractivity contribution in [3.8, 4) is 11.5 Å². The highest BCUT2D eigenvalue weighted by atomic mass is 79.9. The van der Waals surface area contributed by atoms with E-state index in [1.54, 1.807) is 42.5 Å². The Morgan fingerprint density at radius 3 is 2.53 bits per heavy atom. The van der Waals surface area contributed by atoms with Gasteiger partial charge in [0.2, 0.25) is 0 Å². The Balaban J connectivity index is 1.56. The number of thioether (sulfide) groups is 1. The van der Waals surface area contributed by atoms with Crippen molar-refractivity contribution in [2.45, 2.75) is 0 Å². The van der Waals surface area contributed by atoms with Crippen molar-refractivity contribution >= 4 is 67.9 Å². The van der Waals surface area contributed by atoms with Crippen LogP contribution in [0.25, 0.3) is 6.08 Å². The maximum absolute atomic E-state index is 12.9. The van der Waals surface area contributed by atoms with Crippen LogP contribution in [0.1, 0.15) is 15.9 Å². The number of hydrogen-bond donors (Lipinski definition) is 0. The Labute approximate surface area is 203 Å². The van der Waals surface area contributed by atoms with Crippen LogP contribution in [-0.4, -0.2) is 23.3 Å². The third-order valence-electron chi connectivity index (χ3n) is 4.56. The first-order valence-electron chi connectivity index (χ1n) is 9.45. The van der Waals surface area contributed by atoms with Gasteiger partial charge in [0.05, 0.1) is 23.3 Å². The largest absolute Gasteiger partial charge is 0.493 e. The van der Waals surface area contributed by atoms with E-state index in [1.165, 1.54) is 23.8 Å². The van der Waals surface area contributed by atoms with Gasteiger partial charge in [0.15, 0.2) is 15.8 Å². The Bertz CT molecular complexity index is 1240.